The van der Waals surface area contributed by atoms with E-state index in [9.17, 15) is 18.4 Å². The Bertz CT molecular complexity index is 936. The fourth-order valence-electron chi connectivity index (χ4n) is 6.74. The summed E-state index contributed by atoms with van der Waals surface area (Å²) in [5, 5.41) is 0. The maximum atomic E-state index is 14.2. The fraction of sp³-hybridized carbons (Fsp3) is 0.680. The lowest BCUT2D eigenvalue weighted by Crippen LogP contribution is -2.55. The van der Waals surface area contributed by atoms with E-state index in [1.807, 2.05) is 4.90 Å². The summed E-state index contributed by atoms with van der Waals surface area (Å²) in [6, 6.07) is 5.43. The van der Waals surface area contributed by atoms with Crippen molar-refractivity contribution >= 4 is 17.8 Å². The summed E-state index contributed by atoms with van der Waals surface area (Å²) in [6.07, 6.45) is 5.12. The summed E-state index contributed by atoms with van der Waals surface area (Å²) in [5.41, 5.74) is 1.55. The summed E-state index contributed by atoms with van der Waals surface area (Å²) in [5.74, 6) is -0.261. The van der Waals surface area contributed by atoms with Gasteiger partial charge in [0.1, 0.15) is 19.1 Å². The number of halogens is 2. The number of anilines is 1. The lowest BCUT2D eigenvalue weighted by Gasteiger charge is -2.47. The average Bonchev–Trinajstić information content (AvgIpc) is 3.27. The van der Waals surface area contributed by atoms with Crippen molar-refractivity contribution in [3.05, 3.63) is 29.6 Å². The minimum absolute atomic E-state index is 0.0734. The van der Waals surface area contributed by atoms with E-state index in [0.717, 1.165) is 62.9 Å². The van der Waals surface area contributed by atoms with Crippen molar-refractivity contribution < 1.29 is 23.1 Å². The Balaban J connectivity index is 1.27. The van der Waals surface area contributed by atoms with Crippen molar-refractivity contribution in [1.82, 2.24) is 14.7 Å². The van der Waals surface area contributed by atoms with Gasteiger partial charge in [-0.05, 0) is 75.4 Å². The van der Waals surface area contributed by atoms with Gasteiger partial charge in [-0.2, -0.15) is 0 Å². The fourth-order valence-corrected chi connectivity index (χ4v) is 6.74. The van der Waals surface area contributed by atoms with E-state index in [-0.39, 0.29) is 42.0 Å². The zero-order chi connectivity index (χ0) is 24.0. The van der Waals surface area contributed by atoms with E-state index in [0.29, 0.717) is 12.6 Å². The molecule has 4 aliphatic heterocycles. The van der Waals surface area contributed by atoms with Crippen molar-refractivity contribution in [3.8, 4) is 0 Å². The molecule has 186 valence electrons. The maximum absolute atomic E-state index is 14.2. The predicted molar refractivity (Wildman–Crippen MR) is 124 cm³/mol. The van der Waals surface area contributed by atoms with Gasteiger partial charge in [-0.15, -0.1) is 0 Å². The van der Waals surface area contributed by atoms with Crippen molar-refractivity contribution in [2.45, 2.75) is 62.1 Å². The first-order valence-corrected chi connectivity index (χ1v) is 12.4. The van der Waals surface area contributed by atoms with Crippen molar-refractivity contribution in [3.63, 3.8) is 0 Å². The molecule has 2 atom stereocenters. The van der Waals surface area contributed by atoms with Crippen LogP contribution in [0.4, 0.5) is 24.1 Å². The van der Waals surface area contributed by atoms with Gasteiger partial charge < -0.3 is 19.4 Å². The van der Waals surface area contributed by atoms with Crippen LogP contribution in [0.2, 0.25) is 0 Å². The van der Waals surface area contributed by atoms with Crippen LogP contribution < -0.4 is 4.90 Å². The van der Waals surface area contributed by atoms with E-state index in [4.69, 9.17) is 4.74 Å². The number of likely N-dealkylation sites (tertiary alicyclic amines) is 1. The largest absolute Gasteiger partial charge is 0.447 e. The molecule has 7 nitrogen and oxygen atoms in total. The van der Waals surface area contributed by atoms with Gasteiger partial charge in [0.05, 0.1) is 0 Å². The number of fused-ring (bicyclic) bond motifs is 4. The van der Waals surface area contributed by atoms with Crippen LogP contribution in [0.15, 0.2) is 18.2 Å². The Labute approximate surface area is 199 Å². The molecule has 0 aliphatic carbocycles. The summed E-state index contributed by atoms with van der Waals surface area (Å²) >= 11 is 0. The first-order valence-electron chi connectivity index (χ1n) is 12.4. The second-order valence-electron chi connectivity index (χ2n) is 10.5. The van der Waals surface area contributed by atoms with Gasteiger partial charge >= 0.3 is 12.1 Å². The molecular formula is C25H34F2N4O3. The predicted octanol–water partition coefficient (Wildman–Crippen LogP) is 3.76. The third-order valence-corrected chi connectivity index (χ3v) is 8.39. The molecule has 0 saturated carbocycles. The van der Waals surface area contributed by atoms with Crippen LogP contribution in [0.3, 0.4) is 0 Å². The van der Waals surface area contributed by atoms with E-state index >= 15 is 0 Å². The van der Waals surface area contributed by atoms with Crippen LogP contribution >= 0.6 is 0 Å². The lowest BCUT2D eigenvalue weighted by molar-refractivity contribution is 0.0253. The Hall–Kier alpha value is -2.42. The van der Waals surface area contributed by atoms with E-state index in [2.05, 4.69) is 4.90 Å². The van der Waals surface area contributed by atoms with Crippen molar-refractivity contribution in [1.29, 1.82) is 0 Å². The molecule has 4 heterocycles. The number of hydrogen-bond acceptors (Lipinski definition) is 4. The number of carbonyl (C=O) groups excluding carboxylic acids is 2. The Morgan fingerprint density at radius 3 is 2.41 bits per heavy atom. The molecule has 0 radical (unpaired) electrons. The van der Waals surface area contributed by atoms with Gasteiger partial charge in [0, 0.05) is 49.9 Å². The SMILES string of the molecule is CN(C)C(=O)N1CC2(CCN(C3CC4CCC(C3)N4C(=O)OCCF)CC2)c2cc(F)ccc21. The van der Waals surface area contributed by atoms with Gasteiger partial charge in [-0.25, -0.2) is 18.4 Å². The van der Waals surface area contributed by atoms with Crippen LogP contribution in [0.1, 0.15) is 44.1 Å². The third-order valence-electron chi connectivity index (χ3n) is 8.39. The molecule has 2 bridgehead atoms. The number of nitrogens with zero attached hydrogens (tertiary/aromatic N) is 4. The van der Waals surface area contributed by atoms with Crippen molar-refractivity contribution in [2.75, 3.05) is 51.9 Å². The molecule has 34 heavy (non-hydrogen) atoms. The molecule has 4 aliphatic rings. The number of urea groups is 1. The second-order valence-corrected chi connectivity index (χ2v) is 10.5. The third kappa shape index (κ3) is 3.91. The van der Waals surface area contributed by atoms with Gasteiger partial charge in [-0.3, -0.25) is 4.90 Å². The normalized spacial score (nSPS) is 27.7. The van der Waals surface area contributed by atoms with Gasteiger partial charge in [-0.1, -0.05) is 0 Å². The van der Waals surface area contributed by atoms with Crippen LogP contribution in [-0.4, -0.2) is 92.0 Å². The van der Waals surface area contributed by atoms with Crippen LogP contribution in [0.25, 0.3) is 0 Å². The average molecular weight is 477 g/mol. The summed E-state index contributed by atoms with van der Waals surface area (Å²) in [4.78, 5) is 33.0. The molecule has 2 unspecified atom stereocenters. The molecule has 3 fully saturated rings. The topological polar surface area (TPSA) is 56.3 Å². The smallest absolute Gasteiger partial charge is 0.410 e. The Morgan fingerprint density at radius 2 is 1.79 bits per heavy atom. The number of piperidine rings is 2. The highest BCUT2D eigenvalue weighted by Crippen LogP contribution is 2.48. The number of alkyl halides is 1. The molecule has 0 N–H and O–H groups in total. The van der Waals surface area contributed by atoms with E-state index < -0.39 is 6.67 Å². The number of carbonyl (C=O) groups is 2. The molecule has 1 aromatic rings. The van der Waals surface area contributed by atoms with Crippen LogP contribution in [-0.2, 0) is 10.2 Å². The first kappa shape index (κ1) is 23.3. The number of hydrogen-bond donors (Lipinski definition) is 0. The van der Waals surface area contributed by atoms with E-state index in [1.54, 1.807) is 36.0 Å². The number of rotatable bonds is 3. The lowest BCUT2D eigenvalue weighted by atomic mass is 9.73. The van der Waals surface area contributed by atoms with Gasteiger partial charge in [0.15, 0.2) is 0 Å². The Morgan fingerprint density at radius 1 is 1.12 bits per heavy atom. The number of benzene rings is 1. The molecular weight excluding hydrogens is 442 g/mol. The highest BCUT2D eigenvalue weighted by Gasteiger charge is 2.50. The van der Waals surface area contributed by atoms with E-state index in [1.165, 1.54) is 6.07 Å². The second kappa shape index (κ2) is 8.98. The molecule has 9 heteroatoms. The number of ether oxygens (including phenoxy) is 1. The van der Waals surface area contributed by atoms with Crippen LogP contribution in [0.5, 0.6) is 0 Å². The molecule has 0 aromatic heterocycles. The molecule has 1 spiro atoms. The highest BCUT2D eigenvalue weighted by atomic mass is 19.1. The standard InChI is InChI=1S/C25H34F2N4O3/c1-28(2)23(32)30-16-25(21-13-17(27)3-6-22(21)30)7-10-29(11-8-25)20-14-18-4-5-19(15-20)31(18)24(33)34-12-9-26/h3,6,13,18-20H,4-5,7-12,14-16H2,1-2H3. The summed E-state index contributed by atoms with van der Waals surface area (Å²) in [6.45, 7) is 1.52. The molecule has 1 aromatic carbocycles. The zero-order valence-corrected chi connectivity index (χ0v) is 20.0. The minimum Gasteiger partial charge on any atom is -0.447 e. The number of amides is 3. The monoisotopic (exact) mass is 476 g/mol. The first-order chi connectivity index (χ1) is 16.3. The van der Waals surface area contributed by atoms with Gasteiger partial charge in [0.25, 0.3) is 0 Å². The highest BCUT2D eigenvalue weighted by molar-refractivity contribution is 5.95. The van der Waals surface area contributed by atoms with Crippen molar-refractivity contribution in [2.24, 2.45) is 0 Å². The summed E-state index contributed by atoms with van der Waals surface area (Å²) < 4.78 is 31.8. The Kier molecular flexibility index (Phi) is 6.16. The quantitative estimate of drug-likeness (QED) is 0.667. The molecule has 3 amide bonds. The maximum Gasteiger partial charge on any atom is 0.410 e. The molecule has 5 rings (SSSR count). The zero-order valence-electron chi connectivity index (χ0n) is 20.0. The van der Waals surface area contributed by atoms with Crippen LogP contribution in [0, 0.1) is 5.82 Å². The summed E-state index contributed by atoms with van der Waals surface area (Å²) in [7, 11) is 3.49. The minimum atomic E-state index is -0.655. The molecule has 3 saturated heterocycles. The van der Waals surface area contributed by atoms with Gasteiger partial charge in [0.2, 0.25) is 0 Å².